The number of carbonyl (C=O) groups excluding carboxylic acids is 3. The van der Waals surface area contributed by atoms with Crippen LogP contribution >= 0.6 is 11.8 Å². The van der Waals surface area contributed by atoms with Crippen molar-refractivity contribution in [2.75, 3.05) is 32.8 Å². The molecule has 1 aromatic heterocycles. The third-order valence-corrected chi connectivity index (χ3v) is 8.59. The van der Waals surface area contributed by atoms with Crippen molar-refractivity contribution in [1.29, 1.82) is 0 Å². The van der Waals surface area contributed by atoms with Crippen molar-refractivity contribution in [1.82, 2.24) is 25.1 Å². The summed E-state index contributed by atoms with van der Waals surface area (Å²) in [6, 6.07) is 9.99. The van der Waals surface area contributed by atoms with Gasteiger partial charge >= 0.3 is 12.1 Å². The predicted octanol–water partition coefficient (Wildman–Crippen LogP) is 3.58. The molecule has 220 valence electrons. The minimum absolute atomic E-state index is 0.0704. The molecule has 0 spiro atoms. The fourth-order valence-corrected chi connectivity index (χ4v) is 6.19. The van der Waals surface area contributed by atoms with Gasteiger partial charge < -0.3 is 25.0 Å². The number of benzene rings is 1. The highest BCUT2D eigenvalue weighted by atomic mass is 32.2. The number of thioether (sulfide) groups is 1. The average Bonchev–Trinajstić information content (AvgIpc) is 3.52. The number of hydrogen-bond acceptors (Lipinski definition) is 8. The van der Waals surface area contributed by atoms with Gasteiger partial charge in [0.1, 0.15) is 11.7 Å². The highest BCUT2D eigenvalue weighted by Gasteiger charge is 2.31. The van der Waals surface area contributed by atoms with Gasteiger partial charge in [-0.25, -0.2) is 14.8 Å². The maximum atomic E-state index is 13.5. The number of hydrogen-bond donors (Lipinski definition) is 2. The predicted molar refractivity (Wildman–Crippen MR) is 154 cm³/mol. The van der Waals surface area contributed by atoms with Crippen LogP contribution in [0.1, 0.15) is 61.6 Å². The third-order valence-electron chi connectivity index (χ3n) is 7.18. The summed E-state index contributed by atoms with van der Waals surface area (Å²) >= 11 is 1.83. The first-order valence-corrected chi connectivity index (χ1v) is 15.2. The lowest BCUT2D eigenvalue weighted by molar-refractivity contribution is -0.138. The minimum Gasteiger partial charge on any atom is -0.481 e. The second-order valence-electron chi connectivity index (χ2n) is 10.1. The molecule has 11 nitrogen and oxygen atoms in total. The van der Waals surface area contributed by atoms with Gasteiger partial charge in [0, 0.05) is 49.2 Å². The number of aliphatic carboxylic acids is 1. The van der Waals surface area contributed by atoms with Gasteiger partial charge in [0.15, 0.2) is 5.82 Å². The van der Waals surface area contributed by atoms with Crippen molar-refractivity contribution in [3.63, 3.8) is 0 Å². The first-order chi connectivity index (χ1) is 19.8. The number of nitrogens with one attached hydrogen (secondary N) is 1. The van der Waals surface area contributed by atoms with Gasteiger partial charge in [-0.3, -0.25) is 14.4 Å². The molecule has 3 amide bonds. The minimum atomic E-state index is -1.07. The number of carbonyl (C=O) groups is 4. The van der Waals surface area contributed by atoms with E-state index in [2.05, 4.69) is 10.3 Å². The SMILES string of the molecule is CCOC(=O)N1CCN(C(=O)[C@H](CCC(=O)O)NC(=O)c2cc(CSC3CCCC3)nc(-c3ccccc3)n2)CC1. The van der Waals surface area contributed by atoms with Crippen LogP contribution in [0.5, 0.6) is 0 Å². The molecular weight excluding hydrogens is 546 g/mol. The molecule has 2 aliphatic rings. The Hall–Kier alpha value is -3.67. The maximum absolute atomic E-state index is 13.5. The summed E-state index contributed by atoms with van der Waals surface area (Å²) in [5.41, 5.74) is 1.62. The van der Waals surface area contributed by atoms with Gasteiger partial charge in [-0.15, -0.1) is 0 Å². The van der Waals surface area contributed by atoms with E-state index in [1.165, 1.54) is 30.6 Å². The molecule has 0 unspecified atom stereocenters. The molecule has 12 heteroatoms. The number of carboxylic acids is 1. The normalized spacial score (nSPS) is 16.3. The summed E-state index contributed by atoms with van der Waals surface area (Å²) in [5, 5.41) is 12.6. The lowest BCUT2D eigenvalue weighted by atomic mass is 10.1. The van der Waals surface area contributed by atoms with E-state index < -0.39 is 29.9 Å². The van der Waals surface area contributed by atoms with E-state index in [0.29, 0.717) is 29.9 Å². The summed E-state index contributed by atoms with van der Waals surface area (Å²) < 4.78 is 5.04. The number of nitrogens with zero attached hydrogens (tertiary/aromatic N) is 4. The van der Waals surface area contributed by atoms with Crippen LogP contribution in [0, 0.1) is 0 Å². The Labute approximate surface area is 244 Å². The Balaban J connectivity index is 1.50. The van der Waals surface area contributed by atoms with E-state index in [-0.39, 0.29) is 38.2 Å². The Morgan fingerprint density at radius 1 is 1.05 bits per heavy atom. The highest BCUT2D eigenvalue weighted by Crippen LogP contribution is 2.31. The topological polar surface area (TPSA) is 142 Å². The fourth-order valence-electron chi connectivity index (χ4n) is 4.96. The van der Waals surface area contributed by atoms with Crippen molar-refractivity contribution in [2.24, 2.45) is 0 Å². The molecule has 1 saturated heterocycles. The number of carboxylic acid groups (broad SMARTS) is 1. The average molecular weight is 584 g/mol. The van der Waals surface area contributed by atoms with Crippen molar-refractivity contribution >= 4 is 35.6 Å². The molecule has 2 aromatic rings. The van der Waals surface area contributed by atoms with Crippen LogP contribution in [0.25, 0.3) is 11.4 Å². The fraction of sp³-hybridized carbons (Fsp3) is 0.517. The summed E-state index contributed by atoms with van der Waals surface area (Å²) in [5.74, 6) is -0.963. The molecule has 1 saturated carbocycles. The molecule has 1 aromatic carbocycles. The van der Waals surface area contributed by atoms with Crippen LogP contribution in [0.15, 0.2) is 36.4 Å². The first kappa shape index (κ1) is 30.3. The second kappa shape index (κ2) is 14.8. The zero-order valence-corrected chi connectivity index (χ0v) is 24.1. The molecule has 2 heterocycles. The maximum Gasteiger partial charge on any atom is 0.409 e. The third kappa shape index (κ3) is 8.66. The molecule has 2 fully saturated rings. The van der Waals surface area contributed by atoms with E-state index in [0.717, 1.165) is 11.3 Å². The summed E-state index contributed by atoms with van der Waals surface area (Å²) in [6.07, 6.45) is 4.02. The van der Waals surface area contributed by atoms with Crippen molar-refractivity contribution in [2.45, 2.75) is 62.5 Å². The molecular formula is C29H37N5O6S. The zero-order chi connectivity index (χ0) is 29.2. The Bertz CT molecular complexity index is 1220. The van der Waals surface area contributed by atoms with Gasteiger partial charge in [-0.05, 0) is 32.3 Å². The van der Waals surface area contributed by atoms with E-state index in [9.17, 15) is 24.3 Å². The van der Waals surface area contributed by atoms with Gasteiger partial charge in [0.25, 0.3) is 5.91 Å². The van der Waals surface area contributed by atoms with Crippen LogP contribution in [0.2, 0.25) is 0 Å². The highest BCUT2D eigenvalue weighted by molar-refractivity contribution is 7.99. The van der Waals surface area contributed by atoms with Crippen LogP contribution in [0.3, 0.4) is 0 Å². The molecule has 4 rings (SSSR count). The van der Waals surface area contributed by atoms with Gasteiger partial charge in [-0.2, -0.15) is 11.8 Å². The van der Waals surface area contributed by atoms with Crippen molar-refractivity contribution < 1.29 is 29.0 Å². The Kier molecular flexibility index (Phi) is 10.9. The zero-order valence-electron chi connectivity index (χ0n) is 23.3. The Morgan fingerprint density at radius 3 is 2.39 bits per heavy atom. The van der Waals surface area contributed by atoms with E-state index in [1.54, 1.807) is 17.9 Å². The number of ether oxygens (including phenoxy) is 1. The Morgan fingerprint density at radius 2 is 1.73 bits per heavy atom. The van der Waals surface area contributed by atoms with E-state index >= 15 is 0 Å². The van der Waals surface area contributed by atoms with Crippen LogP contribution in [0.4, 0.5) is 4.79 Å². The largest absolute Gasteiger partial charge is 0.481 e. The van der Waals surface area contributed by atoms with Crippen LogP contribution < -0.4 is 5.32 Å². The number of piperazine rings is 1. The molecule has 1 aliphatic heterocycles. The summed E-state index contributed by atoms with van der Waals surface area (Å²) in [7, 11) is 0. The van der Waals surface area contributed by atoms with Gasteiger partial charge in [0.05, 0.1) is 12.3 Å². The van der Waals surface area contributed by atoms with Crippen LogP contribution in [-0.4, -0.2) is 92.8 Å². The van der Waals surface area contributed by atoms with Crippen molar-refractivity contribution in [3.8, 4) is 11.4 Å². The molecule has 1 atom stereocenters. The smallest absolute Gasteiger partial charge is 0.409 e. The number of aromatic nitrogens is 2. The van der Waals surface area contributed by atoms with Gasteiger partial charge in [0.2, 0.25) is 5.91 Å². The first-order valence-electron chi connectivity index (χ1n) is 14.1. The quantitative estimate of drug-likeness (QED) is 0.406. The number of rotatable bonds is 11. The standard InChI is InChI=1S/C29H37N5O6S/c1-2-40-29(39)34-16-14-33(15-17-34)28(38)23(12-13-25(35)36)32-27(37)24-18-21(19-41-22-10-6-7-11-22)30-26(31-24)20-8-4-3-5-9-20/h3-5,8-9,18,22-23H,2,6-7,10-17,19H2,1H3,(H,32,37)(H,35,36)/t23-/m0/s1. The summed E-state index contributed by atoms with van der Waals surface area (Å²) in [6.45, 7) is 3.08. The second-order valence-corrected chi connectivity index (χ2v) is 11.4. The molecule has 1 aliphatic carbocycles. The van der Waals surface area contributed by atoms with Crippen molar-refractivity contribution in [3.05, 3.63) is 47.8 Å². The number of amides is 3. The molecule has 2 N–H and O–H groups in total. The van der Waals surface area contributed by atoms with Gasteiger partial charge in [-0.1, -0.05) is 43.2 Å². The van der Waals surface area contributed by atoms with E-state index in [1.807, 2.05) is 42.1 Å². The summed E-state index contributed by atoms with van der Waals surface area (Å²) in [4.78, 5) is 62.6. The lowest BCUT2D eigenvalue weighted by Crippen LogP contribution is -2.56. The lowest BCUT2D eigenvalue weighted by Gasteiger charge is -2.35. The van der Waals surface area contributed by atoms with Crippen LogP contribution in [-0.2, 0) is 20.1 Å². The molecule has 41 heavy (non-hydrogen) atoms. The molecule has 0 bridgehead atoms. The molecule has 0 radical (unpaired) electrons. The van der Waals surface area contributed by atoms with E-state index in [4.69, 9.17) is 9.72 Å². The monoisotopic (exact) mass is 583 g/mol.